The Morgan fingerprint density at radius 2 is 1.95 bits per heavy atom. The summed E-state index contributed by atoms with van der Waals surface area (Å²) in [4.78, 5) is 37.5. The third-order valence-electron chi connectivity index (χ3n) is 3.41. The summed E-state index contributed by atoms with van der Waals surface area (Å²) < 4.78 is 9.31. The summed E-state index contributed by atoms with van der Waals surface area (Å²) in [6.45, 7) is 1.05. The summed E-state index contributed by atoms with van der Waals surface area (Å²) >= 11 is 1.08. The number of hydrogen-bond acceptors (Lipinski definition) is 6. The van der Waals surface area contributed by atoms with Gasteiger partial charge >= 0.3 is 12.1 Å². The third kappa shape index (κ3) is 3.76. The van der Waals surface area contributed by atoms with Crippen LogP contribution in [0.5, 0.6) is 0 Å². The van der Waals surface area contributed by atoms with Crippen LogP contribution in [0, 0.1) is 0 Å². The van der Waals surface area contributed by atoms with Crippen molar-refractivity contribution in [2.24, 2.45) is 0 Å². The molecule has 2 amide bonds. The number of likely N-dealkylation sites (tertiary alicyclic amines) is 1. The van der Waals surface area contributed by atoms with Crippen molar-refractivity contribution in [2.45, 2.75) is 18.9 Å². The molecule has 8 heteroatoms. The van der Waals surface area contributed by atoms with Crippen LogP contribution in [0.15, 0.2) is 12.1 Å². The van der Waals surface area contributed by atoms with E-state index < -0.39 is 5.97 Å². The number of amides is 2. The molecule has 1 N–H and O–H groups in total. The number of carbonyl (C=O) groups excluding carboxylic acids is 3. The zero-order chi connectivity index (χ0) is 16.1. The molecule has 0 saturated carbocycles. The minimum absolute atomic E-state index is 0.121. The predicted molar refractivity (Wildman–Crippen MR) is 80.1 cm³/mol. The molecule has 1 aliphatic heterocycles. The van der Waals surface area contributed by atoms with Gasteiger partial charge in [0.15, 0.2) is 0 Å². The van der Waals surface area contributed by atoms with Crippen molar-refractivity contribution in [1.82, 2.24) is 10.2 Å². The number of piperidine rings is 1. The molecule has 2 rings (SSSR count). The SMILES string of the molecule is COC(=O)c1ccc(C(=O)N[C@H]2CCCN(C(=O)OC)C2)s1. The molecule has 120 valence electrons. The first kappa shape index (κ1) is 16.3. The van der Waals surface area contributed by atoms with Gasteiger partial charge in [0.25, 0.3) is 5.91 Å². The van der Waals surface area contributed by atoms with E-state index >= 15 is 0 Å². The van der Waals surface area contributed by atoms with Gasteiger partial charge in [0.1, 0.15) is 4.88 Å². The highest BCUT2D eigenvalue weighted by atomic mass is 32.1. The van der Waals surface area contributed by atoms with E-state index in [0.717, 1.165) is 24.2 Å². The zero-order valence-corrected chi connectivity index (χ0v) is 13.3. The lowest BCUT2D eigenvalue weighted by atomic mass is 10.1. The lowest BCUT2D eigenvalue weighted by Crippen LogP contribution is -2.49. The van der Waals surface area contributed by atoms with Crippen LogP contribution in [0.4, 0.5) is 4.79 Å². The molecule has 1 aromatic rings. The predicted octanol–water partition coefficient (Wildman–Crippen LogP) is 1.50. The van der Waals surface area contributed by atoms with Crippen molar-refractivity contribution in [2.75, 3.05) is 27.3 Å². The van der Waals surface area contributed by atoms with Gasteiger partial charge < -0.3 is 19.7 Å². The fourth-order valence-electron chi connectivity index (χ4n) is 2.32. The fourth-order valence-corrected chi connectivity index (χ4v) is 3.14. The molecule has 1 atom stereocenters. The molecule has 22 heavy (non-hydrogen) atoms. The molecular formula is C14H18N2O5S. The summed E-state index contributed by atoms with van der Waals surface area (Å²) in [5.74, 6) is -0.713. The van der Waals surface area contributed by atoms with Crippen LogP contribution in [-0.4, -0.2) is 56.2 Å². The lowest BCUT2D eigenvalue weighted by molar-refractivity contribution is 0.0606. The molecule has 0 unspecified atom stereocenters. The molecule has 1 aliphatic rings. The van der Waals surface area contributed by atoms with Crippen LogP contribution in [0.2, 0.25) is 0 Å². The number of ether oxygens (including phenoxy) is 2. The van der Waals surface area contributed by atoms with E-state index in [-0.39, 0.29) is 18.0 Å². The van der Waals surface area contributed by atoms with E-state index in [4.69, 9.17) is 4.74 Å². The first-order chi connectivity index (χ1) is 10.5. The molecule has 0 bridgehead atoms. The Balaban J connectivity index is 1.95. The van der Waals surface area contributed by atoms with Crippen LogP contribution in [0.25, 0.3) is 0 Å². The molecule has 0 spiro atoms. The monoisotopic (exact) mass is 326 g/mol. The molecule has 0 radical (unpaired) electrons. The van der Waals surface area contributed by atoms with Crippen molar-refractivity contribution in [3.8, 4) is 0 Å². The maximum atomic E-state index is 12.2. The highest BCUT2D eigenvalue weighted by Crippen LogP contribution is 2.18. The summed E-state index contributed by atoms with van der Waals surface area (Å²) in [6.07, 6.45) is 1.22. The van der Waals surface area contributed by atoms with Gasteiger partial charge in [-0.3, -0.25) is 4.79 Å². The number of carbonyl (C=O) groups is 3. The largest absolute Gasteiger partial charge is 0.465 e. The highest BCUT2D eigenvalue weighted by Gasteiger charge is 2.26. The molecule has 1 aromatic heterocycles. The summed E-state index contributed by atoms with van der Waals surface area (Å²) in [6, 6.07) is 3.03. The first-order valence-corrected chi connectivity index (χ1v) is 7.68. The van der Waals surface area contributed by atoms with Crippen LogP contribution in [0.3, 0.4) is 0 Å². The average molecular weight is 326 g/mol. The van der Waals surface area contributed by atoms with Crippen LogP contribution in [-0.2, 0) is 9.47 Å². The average Bonchev–Trinajstić information content (AvgIpc) is 3.03. The lowest BCUT2D eigenvalue weighted by Gasteiger charge is -2.31. The smallest absolute Gasteiger partial charge is 0.409 e. The highest BCUT2D eigenvalue weighted by molar-refractivity contribution is 7.15. The number of thiophene rings is 1. The number of methoxy groups -OCH3 is 2. The molecule has 0 aliphatic carbocycles. The maximum absolute atomic E-state index is 12.2. The third-order valence-corrected chi connectivity index (χ3v) is 4.47. The van der Waals surface area contributed by atoms with Crippen molar-refractivity contribution >= 4 is 29.3 Å². The molecule has 7 nitrogen and oxygen atoms in total. The van der Waals surface area contributed by atoms with Gasteiger partial charge in [-0.2, -0.15) is 0 Å². The zero-order valence-electron chi connectivity index (χ0n) is 12.5. The van der Waals surface area contributed by atoms with Gasteiger partial charge in [-0.1, -0.05) is 0 Å². The minimum atomic E-state index is -0.460. The van der Waals surface area contributed by atoms with E-state index in [9.17, 15) is 14.4 Å². The van der Waals surface area contributed by atoms with Crippen LogP contribution in [0.1, 0.15) is 32.2 Å². The number of hydrogen-bond donors (Lipinski definition) is 1. The van der Waals surface area contributed by atoms with Crippen LogP contribution < -0.4 is 5.32 Å². The van der Waals surface area contributed by atoms with Crippen molar-refractivity contribution in [3.63, 3.8) is 0 Å². The van der Waals surface area contributed by atoms with Crippen molar-refractivity contribution < 1.29 is 23.9 Å². The van der Waals surface area contributed by atoms with Crippen molar-refractivity contribution in [1.29, 1.82) is 0 Å². The van der Waals surface area contributed by atoms with E-state index in [1.807, 2.05) is 0 Å². The second-order valence-electron chi connectivity index (χ2n) is 4.88. The van der Waals surface area contributed by atoms with E-state index in [2.05, 4.69) is 10.1 Å². The normalized spacial score (nSPS) is 17.7. The Kier molecular flexibility index (Phi) is 5.37. The van der Waals surface area contributed by atoms with E-state index in [0.29, 0.717) is 22.8 Å². The number of nitrogens with one attached hydrogen (secondary N) is 1. The Labute approximate surface area is 132 Å². The summed E-state index contributed by atoms with van der Waals surface area (Å²) in [5, 5.41) is 2.88. The maximum Gasteiger partial charge on any atom is 0.409 e. The summed E-state index contributed by atoms with van der Waals surface area (Å²) in [7, 11) is 2.63. The Morgan fingerprint density at radius 1 is 1.23 bits per heavy atom. The first-order valence-electron chi connectivity index (χ1n) is 6.87. The minimum Gasteiger partial charge on any atom is -0.465 e. The number of rotatable bonds is 3. The topological polar surface area (TPSA) is 84.9 Å². The van der Waals surface area contributed by atoms with Gasteiger partial charge in [-0.25, -0.2) is 9.59 Å². The number of esters is 1. The quantitative estimate of drug-likeness (QED) is 0.851. The van der Waals surface area contributed by atoms with E-state index in [1.54, 1.807) is 17.0 Å². The van der Waals surface area contributed by atoms with Gasteiger partial charge in [0.05, 0.1) is 19.1 Å². The van der Waals surface area contributed by atoms with Gasteiger partial charge in [-0.05, 0) is 25.0 Å². The van der Waals surface area contributed by atoms with Gasteiger partial charge in [0, 0.05) is 19.1 Å². The Bertz CT molecular complexity index is 571. The number of nitrogens with zero attached hydrogens (tertiary/aromatic N) is 1. The molecule has 2 heterocycles. The molecule has 1 saturated heterocycles. The Hall–Kier alpha value is -2.09. The summed E-state index contributed by atoms with van der Waals surface area (Å²) in [5.41, 5.74) is 0. The second-order valence-corrected chi connectivity index (χ2v) is 5.97. The fraction of sp³-hybridized carbons (Fsp3) is 0.500. The molecule has 0 aromatic carbocycles. The van der Waals surface area contributed by atoms with Gasteiger partial charge in [-0.15, -0.1) is 11.3 Å². The second kappa shape index (κ2) is 7.26. The van der Waals surface area contributed by atoms with Crippen LogP contribution >= 0.6 is 11.3 Å². The van der Waals surface area contributed by atoms with E-state index in [1.165, 1.54) is 14.2 Å². The van der Waals surface area contributed by atoms with Crippen molar-refractivity contribution in [3.05, 3.63) is 21.9 Å². The Morgan fingerprint density at radius 3 is 2.64 bits per heavy atom. The standard InChI is InChI=1S/C14H18N2O5S/c1-20-13(18)11-6-5-10(22-11)12(17)15-9-4-3-7-16(8-9)14(19)21-2/h5-6,9H,3-4,7-8H2,1-2H3,(H,15,17)/t9-/m0/s1. The molecular weight excluding hydrogens is 308 g/mol. The molecule has 1 fully saturated rings. The van der Waals surface area contributed by atoms with Gasteiger partial charge in [0.2, 0.25) is 0 Å².